The summed E-state index contributed by atoms with van der Waals surface area (Å²) >= 11 is 7.24. The number of thioether (sulfide) groups is 1. The van der Waals surface area contributed by atoms with Crippen LogP contribution >= 0.6 is 23.4 Å². The van der Waals surface area contributed by atoms with E-state index in [0.717, 1.165) is 28.6 Å². The Hall–Kier alpha value is -2.71. The molecule has 0 atom stereocenters. The predicted octanol–water partition coefficient (Wildman–Crippen LogP) is 4.84. The third-order valence-corrected chi connectivity index (χ3v) is 5.13. The molecule has 0 aliphatic heterocycles. The predicted molar refractivity (Wildman–Crippen MR) is 113 cm³/mol. The smallest absolute Gasteiger partial charge is 0.277 e. The Labute approximate surface area is 177 Å². The van der Waals surface area contributed by atoms with Gasteiger partial charge in [-0.25, -0.2) is 0 Å². The van der Waals surface area contributed by atoms with Gasteiger partial charge < -0.3 is 19.2 Å². The molecule has 0 saturated heterocycles. The summed E-state index contributed by atoms with van der Waals surface area (Å²) in [4.78, 5) is 12.3. The number of carbonyl (C=O) groups excluding carboxylic acids is 1. The van der Waals surface area contributed by atoms with Gasteiger partial charge in [0.25, 0.3) is 5.22 Å². The van der Waals surface area contributed by atoms with Gasteiger partial charge in [0.2, 0.25) is 11.8 Å². The second-order valence-electron chi connectivity index (χ2n) is 5.97. The molecule has 1 N–H and O–H groups in total. The van der Waals surface area contributed by atoms with Gasteiger partial charge in [0, 0.05) is 16.7 Å². The van der Waals surface area contributed by atoms with Crippen molar-refractivity contribution in [3.05, 3.63) is 47.0 Å². The molecule has 0 saturated carbocycles. The maximum absolute atomic E-state index is 12.3. The first kappa shape index (κ1) is 21.0. The summed E-state index contributed by atoms with van der Waals surface area (Å²) < 4.78 is 16.3. The number of amides is 1. The Morgan fingerprint density at radius 2 is 2.00 bits per heavy atom. The maximum Gasteiger partial charge on any atom is 0.277 e. The SMILES string of the molecule is CCOc1ccc(-c2nnc(SCC(=O)Nc3cc(C)c(Cl)cc3OC)o2)cc1. The molecule has 29 heavy (non-hydrogen) atoms. The lowest BCUT2D eigenvalue weighted by Crippen LogP contribution is -2.15. The lowest BCUT2D eigenvalue weighted by Gasteiger charge is -2.11. The maximum atomic E-state index is 12.3. The molecule has 0 radical (unpaired) electrons. The number of nitrogens with one attached hydrogen (secondary N) is 1. The summed E-state index contributed by atoms with van der Waals surface area (Å²) in [5.41, 5.74) is 2.17. The minimum absolute atomic E-state index is 0.107. The summed E-state index contributed by atoms with van der Waals surface area (Å²) in [5.74, 6) is 1.53. The fourth-order valence-electron chi connectivity index (χ4n) is 2.49. The molecule has 3 aromatic rings. The summed E-state index contributed by atoms with van der Waals surface area (Å²) in [7, 11) is 1.52. The molecule has 3 rings (SSSR count). The van der Waals surface area contributed by atoms with Gasteiger partial charge in [0.1, 0.15) is 11.5 Å². The molecule has 152 valence electrons. The van der Waals surface area contributed by atoms with Gasteiger partial charge in [0.15, 0.2) is 0 Å². The Balaban J connectivity index is 1.59. The van der Waals surface area contributed by atoms with E-state index < -0.39 is 0 Å². The van der Waals surface area contributed by atoms with Gasteiger partial charge in [0.05, 0.1) is 25.2 Å². The van der Waals surface area contributed by atoms with Crippen LogP contribution in [-0.4, -0.2) is 35.6 Å². The van der Waals surface area contributed by atoms with Crippen LogP contribution in [-0.2, 0) is 4.79 Å². The lowest BCUT2D eigenvalue weighted by atomic mass is 10.2. The van der Waals surface area contributed by atoms with E-state index >= 15 is 0 Å². The molecule has 1 heterocycles. The van der Waals surface area contributed by atoms with E-state index in [-0.39, 0.29) is 11.7 Å². The van der Waals surface area contributed by atoms with Crippen LogP contribution in [0.4, 0.5) is 5.69 Å². The van der Waals surface area contributed by atoms with Crippen molar-refractivity contribution in [3.8, 4) is 23.0 Å². The third kappa shape index (κ3) is 5.42. The monoisotopic (exact) mass is 433 g/mol. The number of hydrogen-bond donors (Lipinski definition) is 1. The summed E-state index contributed by atoms with van der Waals surface area (Å²) in [6, 6.07) is 10.8. The van der Waals surface area contributed by atoms with Gasteiger partial charge in [-0.1, -0.05) is 23.4 Å². The average molecular weight is 434 g/mol. The van der Waals surface area contributed by atoms with Crippen LogP contribution in [0.3, 0.4) is 0 Å². The van der Waals surface area contributed by atoms with Crippen molar-refractivity contribution >= 4 is 35.0 Å². The Kier molecular flexibility index (Phi) is 7.00. The van der Waals surface area contributed by atoms with Crippen LogP contribution in [0, 0.1) is 6.92 Å². The van der Waals surface area contributed by atoms with E-state index in [1.165, 1.54) is 7.11 Å². The van der Waals surface area contributed by atoms with E-state index in [4.69, 9.17) is 25.5 Å². The average Bonchev–Trinajstić information content (AvgIpc) is 3.19. The van der Waals surface area contributed by atoms with Crippen LogP contribution in [0.25, 0.3) is 11.5 Å². The molecular weight excluding hydrogens is 414 g/mol. The van der Waals surface area contributed by atoms with Gasteiger partial charge in [-0.2, -0.15) is 0 Å². The number of aromatic nitrogens is 2. The van der Waals surface area contributed by atoms with Crippen molar-refractivity contribution < 1.29 is 18.7 Å². The van der Waals surface area contributed by atoms with Crippen molar-refractivity contribution in [1.82, 2.24) is 10.2 Å². The summed E-state index contributed by atoms with van der Waals surface area (Å²) in [6.07, 6.45) is 0. The van der Waals surface area contributed by atoms with Gasteiger partial charge in [-0.15, -0.1) is 10.2 Å². The van der Waals surface area contributed by atoms with E-state index in [1.54, 1.807) is 12.1 Å². The molecule has 0 bridgehead atoms. The number of halogens is 1. The number of ether oxygens (including phenoxy) is 2. The number of anilines is 1. The quantitative estimate of drug-likeness (QED) is 0.509. The molecule has 1 amide bonds. The third-order valence-electron chi connectivity index (χ3n) is 3.90. The van der Waals surface area contributed by atoms with Crippen LogP contribution in [0.2, 0.25) is 5.02 Å². The number of methoxy groups -OCH3 is 1. The number of carbonyl (C=O) groups is 1. The van der Waals surface area contributed by atoms with E-state index in [1.807, 2.05) is 38.1 Å². The van der Waals surface area contributed by atoms with Crippen LogP contribution < -0.4 is 14.8 Å². The largest absolute Gasteiger partial charge is 0.495 e. The molecule has 1 aromatic heterocycles. The first-order chi connectivity index (χ1) is 14.0. The van der Waals surface area contributed by atoms with Crippen LogP contribution in [0.15, 0.2) is 46.0 Å². The zero-order valence-corrected chi connectivity index (χ0v) is 17.8. The molecule has 7 nitrogen and oxygen atoms in total. The standard InChI is InChI=1S/C20H20ClN3O4S/c1-4-27-14-7-5-13(6-8-14)19-23-24-20(28-19)29-11-18(25)22-16-9-12(2)15(21)10-17(16)26-3/h5-10H,4,11H2,1-3H3,(H,22,25). The molecular formula is C20H20ClN3O4S. The van der Waals surface area contributed by atoms with Crippen molar-refractivity contribution in [2.45, 2.75) is 19.1 Å². The molecule has 0 spiro atoms. The highest BCUT2D eigenvalue weighted by Crippen LogP contribution is 2.31. The van der Waals surface area contributed by atoms with E-state index in [9.17, 15) is 4.79 Å². The zero-order chi connectivity index (χ0) is 20.8. The zero-order valence-electron chi connectivity index (χ0n) is 16.2. The lowest BCUT2D eigenvalue weighted by molar-refractivity contribution is -0.113. The number of aryl methyl sites for hydroxylation is 1. The first-order valence-corrected chi connectivity index (χ1v) is 10.2. The number of benzene rings is 2. The van der Waals surface area contributed by atoms with E-state index in [2.05, 4.69) is 15.5 Å². The van der Waals surface area contributed by atoms with Crippen LogP contribution in [0.1, 0.15) is 12.5 Å². The summed E-state index contributed by atoms with van der Waals surface area (Å²) in [5, 5.41) is 11.7. The van der Waals surface area contributed by atoms with Crippen molar-refractivity contribution in [2.75, 3.05) is 24.8 Å². The van der Waals surface area contributed by atoms with Crippen molar-refractivity contribution in [2.24, 2.45) is 0 Å². The fraction of sp³-hybridized carbons (Fsp3) is 0.250. The minimum Gasteiger partial charge on any atom is -0.495 e. The molecule has 9 heteroatoms. The molecule has 0 fully saturated rings. The van der Waals surface area contributed by atoms with Gasteiger partial charge in [-0.3, -0.25) is 4.79 Å². The highest BCUT2D eigenvalue weighted by Gasteiger charge is 2.14. The van der Waals surface area contributed by atoms with Crippen molar-refractivity contribution in [1.29, 1.82) is 0 Å². The molecule has 0 unspecified atom stereocenters. The molecule has 2 aromatic carbocycles. The Morgan fingerprint density at radius 1 is 1.24 bits per heavy atom. The van der Waals surface area contributed by atoms with Crippen molar-refractivity contribution in [3.63, 3.8) is 0 Å². The Morgan fingerprint density at radius 3 is 2.69 bits per heavy atom. The van der Waals surface area contributed by atoms with Gasteiger partial charge in [-0.05, 0) is 49.7 Å². The number of nitrogens with zero attached hydrogens (tertiary/aromatic N) is 2. The highest BCUT2D eigenvalue weighted by molar-refractivity contribution is 7.99. The molecule has 0 aliphatic rings. The second kappa shape index (κ2) is 9.67. The normalized spacial score (nSPS) is 10.6. The van der Waals surface area contributed by atoms with Crippen LogP contribution in [0.5, 0.6) is 11.5 Å². The fourth-order valence-corrected chi connectivity index (χ4v) is 3.21. The number of rotatable bonds is 8. The molecule has 0 aliphatic carbocycles. The summed E-state index contributed by atoms with van der Waals surface area (Å²) in [6.45, 7) is 4.38. The first-order valence-electron chi connectivity index (χ1n) is 8.83. The van der Waals surface area contributed by atoms with Gasteiger partial charge >= 0.3 is 0 Å². The highest BCUT2D eigenvalue weighted by atomic mass is 35.5. The Bertz CT molecular complexity index is 992. The topological polar surface area (TPSA) is 86.5 Å². The second-order valence-corrected chi connectivity index (χ2v) is 7.30. The minimum atomic E-state index is -0.226. The van der Waals surface area contributed by atoms with E-state index in [0.29, 0.717) is 34.2 Å². The number of hydrogen-bond acceptors (Lipinski definition) is 7.